The van der Waals surface area contributed by atoms with Gasteiger partial charge in [0.05, 0.1) is 19.3 Å². The molecule has 0 bridgehead atoms. The van der Waals surface area contributed by atoms with Crippen LogP contribution < -0.4 is 0 Å². The van der Waals surface area contributed by atoms with Crippen molar-refractivity contribution in [3.05, 3.63) is 35.9 Å². The summed E-state index contributed by atoms with van der Waals surface area (Å²) in [5.41, 5.74) is 1.07. The first kappa shape index (κ1) is 13.1. The standard InChI is InChI=1S/C12H18O4/c13-8-12(15)11(14)6-7-16-9-10-4-2-1-3-5-10/h1-5,11-15H,6-9H2/t11-,12-/m1/s1. The van der Waals surface area contributed by atoms with Crippen molar-refractivity contribution in [1.82, 2.24) is 0 Å². The van der Waals surface area contributed by atoms with Crippen LogP contribution in [0.15, 0.2) is 30.3 Å². The lowest BCUT2D eigenvalue weighted by Gasteiger charge is -2.15. The Hall–Kier alpha value is -0.940. The van der Waals surface area contributed by atoms with Crippen molar-refractivity contribution in [2.45, 2.75) is 25.2 Å². The van der Waals surface area contributed by atoms with Crippen molar-refractivity contribution in [3.8, 4) is 0 Å². The lowest BCUT2D eigenvalue weighted by atomic mass is 10.1. The van der Waals surface area contributed by atoms with Gasteiger partial charge in [-0.3, -0.25) is 0 Å². The van der Waals surface area contributed by atoms with E-state index in [2.05, 4.69) is 0 Å². The third-order valence-electron chi connectivity index (χ3n) is 2.30. The van der Waals surface area contributed by atoms with Gasteiger partial charge in [0.2, 0.25) is 0 Å². The average Bonchev–Trinajstić information content (AvgIpc) is 2.34. The first-order valence-corrected chi connectivity index (χ1v) is 5.32. The maximum Gasteiger partial charge on any atom is 0.103 e. The number of ether oxygens (including phenoxy) is 1. The monoisotopic (exact) mass is 226 g/mol. The van der Waals surface area contributed by atoms with Gasteiger partial charge in [0.1, 0.15) is 6.10 Å². The lowest BCUT2D eigenvalue weighted by molar-refractivity contribution is -0.0314. The van der Waals surface area contributed by atoms with Crippen LogP contribution >= 0.6 is 0 Å². The van der Waals surface area contributed by atoms with Gasteiger partial charge < -0.3 is 20.1 Å². The molecule has 1 aromatic carbocycles. The van der Waals surface area contributed by atoms with E-state index in [0.29, 0.717) is 19.6 Å². The van der Waals surface area contributed by atoms with Crippen molar-refractivity contribution < 1.29 is 20.1 Å². The molecule has 4 heteroatoms. The van der Waals surface area contributed by atoms with Crippen LogP contribution in [0.3, 0.4) is 0 Å². The van der Waals surface area contributed by atoms with E-state index in [-0.39, 0.29) is 0 Å². The molecule has 0 aliphatic heterocycles. The molecule has 16 heavy (non-hydrogen) atoms. The topological polar surface area (TPSA) is 69.9 Å². The molecular formula is C12H18O4. The van der Waals surface area contributed by atoms with Crippen LogP contribution in [0.25, 0.3) is 0 Å². The van der Waals surface area contributed by atoms with Gasteiger partial charge in [-0.25, -0.2) is 0 Å². The van der Waals surface area contributed by atoms with Crippen molar-refractivity contribution >= 4 is 0 Å². The van der Waals surface area contributed by atoms with Crippen LogP contribution in [0.5, 0.6) is 0 Å². The molecule has 0 aromatic heterocycles. The molecule has 1 aromatic rings. The fraction of sp³-hybridized carbons (Fsp3) is 0.500. The molecule has 0 aliphatic rings. The summed E-state index contributed by atoms with van der Waals surface area (Å²) < 4.78 is 5.33. The molecule has 0 saturated heterocycles. The quantitative estimate of drug-likeness (QED) is 0.585. The van der Waals surface area contributed by atoms with Gasteiger partial charge >= 0.3 is 0 Å². The van der Waals surface area contributed by atoms with Crippen molar-refractivity contribution in [1.29, 1.82) is 0 Å². The predicted molar refractivity (Wildman–Crippen MR) is 59.8 cm³/mol. The molecule has 0 saturated carbocycles. The predicted octanol–water partition coefficient (Wildman–Crippen LogP) is 0.307. The van der Waals surface area contributed by atoms with Gasteiger partial charge in [-0.1, -0.05) is 30.3 Å². The fourth-order valence-corrected chi connectivity index (χ4v) is 1.28. The van der Waals surface area contributed by atoms with Crippen LogP contribution in [0.2, 0.25) is 0 Å². The normalized spacial score (nSPS) is 14.7. The molecule has 0 amide bonds. The molecular weight excluding hydrogens is 208 g/mol. The zero-order valence-corrected chi connectivity index (χ0v) is 9.12. The minimum atomic E-state index is -1.08. The molecule has 0 aliphatic carbocycles. The summed E-state index contributed by atoms with van der Waals surface area (Å²) in [5, 5.41) is 27.0. The number of aliphatic hydroxyl groups is 3. The van der Waals surface area contributed by atoms with Crippen LogP contribution in [-0.2, 0) is 11.3 Å². The van der Waals surface area contributed by atoms with E-state index in [1.54, 1.807) is 0 Å². The molecule has 0 heterocycles. The SMILES string of the molecule is OC[C@@H](O)[C@H](O)CCOCc1ccccc1. The van der Waals surface area contributed by atoms with Crippen LogP contribution in [0.1, 0.15) is 12.0 Å². The Morgan fingerprint density at radius 2 is 1.75 bits per heavy atom. The van der Waals surface area contributed by atoms with Crippen LogP contribution in [0.4, 0.5) is 0 Å². The first-order chi connectivity index (χ1) is 7.74. The lowest BCUT2D eigenvalue weighted by Crippen LogP contribution is -2.30. The number of benzene rings is 1. The summed E-state index contributed by atoms with van der Waals surface area (Å²) in [7, 11) is 0. The second-order valence-electron chi connectivity index (χ2n) is 3.64. The van der Waals surface area contributed by atoms with Gasteiger partial charge in [-0.05, 0) is 12.0 Å². The van der Waals surface area contributed by atoms with E-state index in [1.165, 1.54) is 0 Å². The first-order valence-electron chi connectivity index (χ1n) is 5.32. The summed E-state index contributed by atoms with van der Waals surface area (Å²) >= 11 is 0. The smallest absolute Gasteiger partial charge is 0.103 e. The van der Waals surface area contributed by atoms with Crippen molar-refractivity contribution in [2.75, 3.05) is 13.2 Å². The van der Waals surface area contributed by atoms with E-state index >= 15 is 0 Å². The van der Waals surface area contributed by atoms with Gasteiger partial charge in [-0.2, -0.15) is 0 Å². The minimum Gasteiger partial charge on any atom is -0.394 e. The van der Waals surface area contributed by atoms with E-state index < -0.39 is 18.8 Å². The van der Waals surface area contributed by atoms with Crippen molar-refractivity contribution in [2.24, 2.45) is 0 Å². The van der Waals surface area contributed by atoms with E-state index in [9.17, 15) is 5.11 Å². The molecule has 0 unspecified atom stereocenters. The summed E-state index contributed by atoms with van der Waals surface area (Å²) in [6.45, 7) is 0.412. The Balaban J connectivity index is 2.13. The van der Waals surface area contributed by atoms with Gasteiger partial charge in [0.25, 0.3) is 0 Å². The molecule has 4 nitrogen and oxygen atoms in total. The zero-order chi connectivity index (χ0) is 11.8. The number of hydrogen-bond donors (Lipinski definition) is 3. The highest BCUT2D eigenvalue weighted by atomic mass is 16.5. The highest BCUT2D eigenvalue weighted by molar-refractivity contribution is 5.13. The molecule has 3 N–H and O–H groups in total. The summed E-state index contributed by atoms with van der Waals surface area (Å²) in [6, 6.07) is 9.72. The Kier molecular flexibility index (Phi) is 6.03. The molecule has 0 spiro atoms. The highest BCUT2D eigenvalue weighted by Crippen LogP contribution is 2.03. The Morgan fingerprint density at radius 3 is 2.38 bits per heavy atom. The van der Waals surface area contributed by atoms with Crippen LogP contribution in [0, 0.1) is 0 Å². The third kappa shape index (κ3) is 4.72. The summed E-state index contributed by atoms with van der Waals surface area (Å²) in [5.74, 6) is 0. The number of aliphatic hydroxyl groups excluding tert-OH is 3. The van der Waals surface area contributed by atoms with E-state index in [0.717, 1.165) is 5.56 Å². The third-order valence-corrected chi connectivity index (χ3v) is 2.30. The van der Waals surface area contributed by atoms with Gasteiger partial charge in [0.15, 0.2) is 0 Å². The Bertz CT molecular complexity index is 276. The number of hydrogen-bond acceptors (Lipinski definition) is 4. The van der Waals surface area contributed by atoms with Crippen LogP contribution in [-0.4, -0.2) is 40.7 Å². The van der Waals surface area contributed by atoms with Gasteiger partial charge in [0, 0.05) is 6.61 Å². The second-order valence-corrected chi connectivity index (χ2v) is 3.64. The largest absolute Gasteiger partial charge is 0.394 e. The Morgan fingerprint density at radius 1 is 1.06 bits per heavy atom. The molecule has 1 rings (SSSR count). The fourth-order valence-electron chi connectivity index (χ4n) is 1.28. The summed E-state index contributed by atoms with van der Waals surface area (Å²) in [4.78, 5) is 0. The van der Waals surface area contributed by atoms with Crippen molar-refractivity contribution in [3.63, 3.8) is 0 Å². The number of rotatable bonds is 7. The molecule has 2 atom stereocenters. The maximum absolute atomic E-state index is 9.32. The van der Waals surface area contributed by atoms with E-state index in [1.807, 2.05) is 30.3 Å². The summed E-state index contributed by atoms with van der Waals surface area (Å²) in [6.07, 6.45) is -1.70. The Labute approximate surface area is 95.1 Å². The molecule has 90 valence electrons. The van der Waals surface area contributed by atoms with Gasteiger partial charge in [-0.15, -0.1) is 0 Å². The average molecular weight is 226 g/mol. The maximum atomic E-state index is 9.32. The minimum absolute atomic E-state index is 0.314. The molecule has 0 radical (unpaired) electrons. The zero-order valence-electron chi connectivity index (χ0n) is 9.12. The second kappa shape index (κ2) is 7.35. The molecule has 0 fully saturated rings. The van der Waals surface area contributed by atoms with E-state index in [4.69, 9.17) is 14.9 Å². The highest BCUT2D eigenvalue weighted by Gasteiger charge is 2.14.